The Bertz CT molecular complexity index is 705. The minimum atomic E-state index is -0.809. The molecule has 2 aromatic rings. The molecule has 1 amide bonds. The smallest absolute Gasteiger partial charge is 0.224 e. The molecule has 1 atom stereocenters. The number of benzene rings is 2. The first kappa shape index (κ1) is 18.1. The van der Waals surface area contributed by atoms with Gasteiger partial charge in [0.25, 0.3) is 0 Å². The number of nitrogens with one attached hydrogen (secondary N) is 1. The molecule has 2 N–H and O–H groups in total. The van der Waals surface area contributed by atoms with Gasteiger partial charge in [0.15, 0.2) is 0 Å². The summed E-state index contributed by atoms with van der Waals surface area (Å²) in [6, 6.07) is 12.1. The van der Waals surface area contributed by atoms with Crippen LogP contribution in [0.1, 0.15) is 24.5 Å². The van der Waals surface area contributed by atoms with E-state index < -0.39 is 6.10 Å². The highest BCUT2D eigenvalue weighted by atomic mass is 35.5. The van der Waals surface area contributed by atoms with E-state index in [2.05, 4.69) is 5.32 Å². The molecule has 2 rings (SSSR count). The van der Waals surface area contributed by atoms with Gasteiger partial charge < -0.3 is 19.9 Å². The third-order valence-electron chi connectivity index (χ3n) is 3.55. The number of carbonyl (C=O) groups excluding carboxylic acids is 1. The number of carbonyl (C=O) groups is 1. The monoisotopic (exact) mass is 349 g/mol. The van der Waals surface area contributed by atoms with Crippen molar-refractivity contribution in [3.63, 3.8) is 0 Å². The lowest BCUT2D eigenvalue weighted by Gasteiger charge is -2.15. The van der Waals surface area contributed by atoms with Crippen LogP contribution in [0.3, 0.4) is 0 Å². The number of hydrogen-bond acceptors (Lipinski definition) is 4. The highest BCUT2D eigenvalue weighted by Crippen LogP contribution is 2.31. The number of halogens is 1. The summed E-state index contributed by atoms with van der Waals surface area (Å²) in [6.45, 7) is 0. The normalized spacial score (nSPS) is 11.7. The summed E-state index contributed by atoms with van der Waals surface area (Å²) in [6.07, 6.45) is -0.367. The van der Waals surface area contributed by atoms with E-state index in [1.165, 1.54) is 7.11 Å². The predicted octanol–water partition coefficient (Wildman–Crippen LogP) is 3.81. The van der Waals surface area contributed by atoms with Crippen molar-refractivity contribution in [2.75, 3.05) is 19.5 Å². The van der Waals surface area contributed by atoms with E-state index in [0.717, 1.165) is 0 Å². The van der Waals surface area contributed by atoms with E-state index in [0.29, 0.717) is 27.8 Å². The summed E-state index contributed by atoms with van der Waals surface area (Å²) >= 11 is 5.88. The van der Waals surface area contributed by atoms with E-state index in [4.69, 9.17) is 21.1 Å². The molecule has 1 unspecified atom stereocenters. The maximum absolute atomic E-state index is 12.0. The quantitative estimate of drug-likeness (QED) is 0.797. The van der Waals surface area contributed by atoms with Gasteiger partial charge in [-0.2, -0.15) is 0 Å². The summed E-state index contributed by atoms with van der Waals surface area (Å²) in [5, 5.41) is 13.6. The molecule has 0 saturated carbocycles. The molecule has 0 aliphatic rings. The van der Waals surface area contributed by atoms with E-state index in [-0.39, 0.29) is 18.7 Å². The van der Waals surface area contributed by atoms with Gasteiger partial charge in [0.1, 0.15) is 11.5 Å². The topological polar surface area (TPSA) is 67.8 Å². The maximum atomic E-state index is 12.0. The van der Waals surface area contributed by atoms with Gasteiger partial charge in [0.05, 0.1) is 20.3 Å². The Labute approximate surface area is 146 Å². The molecule has 0 aliphatic heterocycles. The number of rotatable bonds is 7. The molecular formula is C18H20ClNO4. The lowest BCUT2D eigenvalue weighted by Crippen LogP contribution is -2.13. The van der Waals surface area contributed by atoms with Gasteiger partial charge in [-0.05, 0) is 36.8 Å². The molecule has 0 aromatic heterocycles. The van der Waals surface area contributed by atoms with Gasteiger partial charge in [0.2, 0.25) is 5.91 Å². The van der Waals surface area contributed by atoms with Crippen LogP contribution in [0, 0.1) is 0 Å². The Morgan fingerprint density at radius 1 is 1.21 bits per heavy atom. The fraction of sp³-hybridized carbons (Fsp3) is 0.278. The maximum Gasteiger partial charge on any atom is 0.224 e. The molecular weight excluding hydrogens is 330 g/mol. The fourth-order valence-corrected chi connectivity index (χ4v) is 2.50. The average Bonchev–Trinajstić information content (AvgIpc) is 2.59. The third-order valence-corrected chi connectivity index (χ3v) is 3.79. The van der Waals surface area contributed by atoms with Crippen LogP contribution in [0.2, 0.25) is 5.02 Å². The van der Waals surface area contributed by atoms with Crippen molar-refractivity contribution in [3.05, 3.63) is 53.1 Å². The van der Waals surface area contributed by atoms with Crippen LogP contribution in [0.15, 0.2) is 42.5 Å². The van der Waals surface area contributed by atoms with E-state index in [9.17, 15) is 9.90 Å². The summed E-state index contributed by atoms with van der Waals surface area (Å²) in [5.41, 5.74) is 1.25. The number of anilines is 1. The standard InChI is InChI=1S/C18H20ClNO4/c1-23-14-6-7-15(17(11-14)24-2)16(21)8-9-18(22)20-13-5-3-4-12(19)10-13/h3-7,10-11,16,21H,8-9H2,1-2H3,(H,20,22). The molecule has 0 fully saturated rings. The van der Waals surface area contributed by atoms with Crippen molar-refractivity contribution in [2.45, 2.75) is 18.9 Å². The van der Waals surface area contributed by atoms with Gasteiger partial charge in [0, 0.05) is 28.8 Å². The van der Waals surface area contributed by atoms with Crippen LogP contribution in [-0.4, -0.2) is 25.2 Å². The number of ether oxygens (including phenoxy) is 2. The van der Waals surface area contributed by atoms with Crippen molar-refractivity contribution >= 4 is 23.2 Å². The first-order valence-electron chi connectivity index (χ1n) is 7.49. The van der Waals surface area contributed by atoms with Gasteiger partial charge in [-0.1, -0.05) is 17.7 Å². The van der Waals surface area contributed by atoms with Crippen molar-refractivity contribution in [1.82, 2.24) is 0 Å². The molecule has 0 radical (unpaired) electrons. The fourth-order valence-electron chi connectivity index (χ4n) is 2.31. The number of hydrogen-bond donors (Lipinski definition) is 2. The zero-order chi connectivity index (χ0) is 17.5. The summed E-state index contributed by atoms with van der Waals surface area (Å²) < 4.78 is 10.4. The predicted molar refractivity (Wildman–Crippen MR) is 93.8 cm³/mol. The highest BCUT2D eigenvalue weighted by Gasteiger charge is 2.16. The number of methoxy groups -OCH3 is 2. The van der Waals surface area contributed by atoms with Crippen molar-refractivity contribution in [2.24, 2.45) is 0 Å². The second-order valence-corrected chi connectivity index (χ2v) is 5.66. The Kier molecular flexibility index (Phi) is 6.46. The molecule has 0 spiro atoms. The average molecular weight is 350 g/mol. The second kappa shape index (κ2) is 8.57. The van der Waals surface area contributed by atoms with Crippen LogP contribution in [0.4, 0.5) is 5.69 Å². The van der Waals surface area contributed by atoms with Gasteiger partial charge in [-0.15, -0.1) is 0 Å². The Hall–Kier alpha value is -2.24. The number of aliphatic hydroxyl groups excluding tert-OH is 1. The van der Waals surface area contributed by atoms with E-state index in [1.807, 2.05) is 0 Å². The summed E-state index contributed by atoms with van der Waals surface area (Å²) in [4.78, 5) is 12.0. The Morgan fingerprint density at radius 2 is 2.00 bits per heavy atom. The third kappa shape index (κ3) is 4.88. The van der Waals surface area contributed by atoms with Gasteiger partial charge in [-0.3, -0.25) is 4.79 Å². The van der Waals surface area contributed by atoms with Crippen molar-refractivity contribution in [1.29, 1.82) is 0 Å². The first-order chi connectivity index (χ1) is 11.5. The van der Waals surface area contributed by atoms with Crippen LogP contribution in [0.25, 0.3) is 0 Å². The lowest BCUT2D eigenvalue weighted by atomic mass is 10.0. The highest BCUT2D eigenvalue weighted by molar-refractivity contribution is 6.30. The van der Waals surface area contributed by atoms with Crippen molar-refractivity contribution in [3.8, 4) is 11.5 Å². The van der Waals surface area contributed by atoms with Crippen LogP contribution in [-0.2, 0) is 4.79 Å². The summed E-state index contributed by atoms with van der Waals surface area (Å²) in [5.74, 6) is 0.974. The minimum absolute atomic E-state index is 0.170. The molecule has 128 valence electrons. The van der Waals surface area contributed by atoms with Crippen molar-refractivity contribution < 1.29 is 19.4 Å². The number of aliphatic hydroxyl groups is 1. The zero-order valence-corrected chi connectivity index (χ0v) is 14.3. The van der Waals surface area contributed by atoms with Crippen LogP contribution in [0.5, 0.6) is 11.5 Å². The van der Waals surface area contributed by atoms with E-state index >= 15 is 0 Å². The Balaban J connectivity index is 1.95. The number of amides is 1. The largest absolute Gasteiger partial charge is 0.497 e. The van der Waals surface area contributed by atoms with Gasteiger partial charge in [-0.25, -0.2) is 0 Å². The van der Waals surface area contributed by atoms with Crippen LogP contribution < -0.4 is 14.8 Å². The summed E-state index contributed by atoms with van der Waals surface area (Å²) in [7, 11) is 3.09. The lowest BCUT2D eigenvalue weighted by molar-refractivity contribution is -0.116. The minimum Gasteiger partial charge on any atom is -0.497 e. The molecule has 5 nitrogen and oxygen atoms in total. The zero-order valence-electron chi connectivity index (χ0n) is 13.6. The van der Waals surface area contributed by atoms with Gasteiger partial charge >= 0.3 is 0 Å². The molecule has 0 bridgehead atoms. The van der Waals surface area contributed by atoms with Crippen LogP contribution >= 0.6 is 11.6 Å². The molecule has 0 heterocycles. The second-order valence-electron chi connectivity index (χ2n) is 5.22. The molecule has 0 aliphatic carbocycles. The van der Waals surface area contributed by atoms with E-state index in [1.54, 1.807) is 49.6 Å². The Morgan fingerprint density at radius 3 is 2.67 bits per heavy atom. The molecule has 24 heavy (non-hydrogen) atoms. The molecule has 6 heteroatoms. The molecule has 2 aromatic carbocycles. The first-order valence-corrected chi connectivity index (χ1v) is 7.86. The molecule has 0 saturated heterocycles. The SMILES string of the molecule is COc1ccc(C(O)CCC(=O)Nc2cccc(Cl)c2)c(OC)c1.